The molecule has 2 fully saturated rings. The summed E-state index contributed by atoms with van der Waals surface area (Å²) in [4.78, 5) is 0. The number of epoxide rings is 2. The molecular formula is C3H5NO2. The van der Waals surface area contributed by atoms with Gasteiger partial charge in [0.25, 0.3) is 0 Å². The predicted molar refractivity (Wildman–Crippen MR) is 17.7 cm³/mol. The van der Waals surface area contributed by atoms with E-state index in [-0.39, 0.29) is 12.0 Å². The van der Waals surface area contributed by atoms with Gasteiger partial charge in [-0.15, -0.1) is 0 Å². The first-order valence-electron chi connectivity index (χ1n) is 1.91. The first kappa shape index (κ1) is 2.96. The van der Waals surface area contributed by atoms with Crippen LogP contribution in [0.1, 0.15) is 0 Å². The number of ether oxygens (including phenoxy) is 2. The third-order valence-electron chi connectivity index (χ3n) is 1.13. The van der Waals surface area contributed by atoms with Gasteiger partial charge in [0.05, 0.1) is 0 Å². The summed E-state index contributed by atoms with van der Waals surface area (Å²) in [7, 11) is 0. The summed E-state index contributed by atoms with van der Waals surface area (Å²) in [6.07, 6.45) is -0.113. The minimum Gasteiger partial charge on any atom is -0.339 e. The lowest BCUT2D eigenvalue weighted by Gasteiger charge is -1.60. The third-order valence-corrected chi connectivity index (χ3v) is 1.13. The van der Waals surface area contributed by atoms with Gasteiger partial charge in [-0.05, 0) is 0 Å². The molecule has 2 heterocycles. The minimum absolute atomic E-state index is 0.113. The smallest absolute Gasteiger partial charge is 0.234 e. The van der Waals surface area contributed by atoms with E-state index in [1.54, 1.807) is 0 Å². The van der Waals surface area contributed by atoms with Crippen molar-refractivity contribution < 1.29 is 9.47 Å². The summed E-state index contributed by atoms with van der Waals surface area (Å²) >= 11 is 0. The quantitative estimate of drug-likeness (QED) is 0.387. The molecule has 2 rings (SSSR count). The molecule has 0 bridgehead atoms. The summed E-state index contributed by atoms with van der Waals surface area (Å²) < 4.78 is 9.54. The fraction of sp³-hybridized carbons (Fsp3) is 1.00. The van der Waals surface area contributed by atoms with Crippen LogP contribution >= 0.6 is 0 Å². The maximum absolute atomic E-state index is 5.22. The molecule has 0 aromatic heterocycles. The SMILES string of the molecule is NC1OC12CO2. The highest BCUT2D eigenvalue weighted by atomic mass is 16.9. The first-order valence-corrected chi connectivity index (χ1v) is 1.91. The molecule has 6 heavy (non-hydrogen) atoms. The van der Waals surface area contributed by atoms with Gasteiger partial charge >= 0.3 is 0 Å². The highest BCUT2D eigenvalue weighted by Crippen LogP contribution is 2.45. The highest BCUT2D eigenvalue weighted by molar-refractivity contribution is 5.00. The van der Waals surface area contributed by atoms with Crippen LogP contribution in [0.15, 0.2) is 0 Å². The van der Waals surface area contributed by atoms with E-state index in [0.717, 1.165) is 0 Å². The van der Waals surface area contributed by atoms with Gasteiger partial charge in [-0.2, -0.15) is 0 Å². The summed E-state index contributed by atoms with van der Waals surface area (Å²) in [5, 5.41) is 0. The normalized spacial score (nSPS) is 62.5. The maximum Gasteiger partial charge on any atom is 0.234 e. The Morgan fingerprint density at radius 2 is 2.33 bits per heavy atom. The van der Waals surface area contributed by atoms with E-state index < -0.39 is 0 Å². The first-order chi connectivity index (χ1) is 2.83. The summed E-state index contributed by atoms with van der Waals surface area (Å²) in [6, 6.07) is 0. The van der Waals surface area contributed by atoms with Crippen molar-refractivity contribution in [3.8, 4) is 0 Å². The minimum atomic E-state index is -0.264. The molecule has 0 amide bonds. The van der Waals surface area contributed by atoms with Crippen molar-refractivity contribution in [3.05, 3.63) is 0 Å². The molecule has 0 aromatic carbocycles. The number of hydrogen-bond acceptors (Lipinski definition) is 3. The van der Waals surface area contributed by atoms with Gasteiger partial charge in [0.15, 0.2) is 6.23 Å². The van der Waals surface area contributed by atoms with Gasteiger partial charge < -0.3 is 15.2 Å². The van der Waals surface area contributed by atoms with Crippen LogP contribution in [0.25, 0.3) is 0 Å². The number of rotatable bonds is 0. The van der Waals surface area contributed by atoms with Crippen LogP contribution in [-0.2, 0) is 9.47 Å². The second kappa shape index (κ2) is 0.521. The van der Waals surface area contributed by atoms with Crippen LogP contribution < -0.4 is 5.73 Å². The summed E-state index contributed by atoms with van der Waals surface area (Å²) in [5.41, 5.74) is 5.22. The fourth-order valence-electron chi connectivity index (χ4n) is 0.484. The molecule has 0 aromatic rings. The van der Waals surface area contributed by atoms with Gasteiger partial charge in [0.1, 0.15) is 6.61 Å². The second-order valence-electron chi connectivity index (χ2n) is 1.64. The van der Waals surface area contributed by atoms with E-state index in [9.17, 15) is 0 Å². The van der Waals surface area contributed by atoms with Crippen molar-refractivity contribution in [2.24, 2.45) is 5.73 Å². The Bertz CT molecular complexity index is 88.8. The highest BCUT2D eigenvalue weighted by Gasteiger charge is 2.67. The lowest BCUT2D eigenvalue weighted by Crippen LogP contribution is -2.05. The predicted octanol–water partition coefficient (Wildman–Crippen LogP) is -0.972. The summed E-state index contributed by atoms with van der Waals surface area (Å²) in [5.74, 6) is -0.264. The van der Waals surface area contributed by atoms with E-state index in [1.807, 2.05) is 0 Å². The molecule has 2 atom stereocenters. The van der Waals surface area contributed by atoms with E-state index in [2.05, 4.69) is 0 Å². The van der Waals surface area contributed by atoms with Gasteiger partial charge in [-0.3, -0.25) is 0 Å². The lowest BCUT2D eigenvalue weighted by molar-refractivity contribution is 0.252. The molecule has 2 N–H and O–H groups in total. The number of nitrogens with two attached hydrogens (primary N) is 1. The Morgan fingerprint density at radius 3 is 2.33 bits per heavy atom. The molecule has 34 valence electrons. The zero-order chi connectivity index (χ0) is 4.20. The molecule has 2 saturated heterocycles. The van der Waals surface area contributed by atoms with Crippen LogP contribution in [0.2, 0.25) is 0 Å². The molecule has 3 heteroatoms. The monoisotopic (exact) mass is 87.0 g/mol. The maximum atomic E-state index is 5.22. The Balaban J connectivity index is 2.17. The largest absolute Gasteiger partial charge is 0.339 e. The van der Waals surface area contributed by atoms with Crippen LogP contribution in [0.5, 0.6) is 0 Å². The van der Waals surface area contributed by atoms with E-state index in [4.69, 9.17) is 15.2 Å². The summed E-state index contributed by atoms with van der Waals surface area (Å²) in [6.45, 7) is 0.703. The van der Waals surface area contributed by atoms with Crippen molar-refractivity contribution in [1.29, 1.82) is 0 Å². The Labute approximate surface area is 35.0 Å². The fourth-order valence-corrected chi connectivity index (χ4v) is 0.484. The molecule has 2 unspecified atom stereocenters. The van der Waals surface area contributed by atoms with Gasteiger partial charge in [0.2, 0.25) is 5.79 Å². The average molecular weight is 87.1 g/mol. The molecule has 1 spiro atoms. The topological polar surface area (TPSA) is 51.1 Å². The molecule has 2 aliphatic rings. The van der Waals surface area contributed by atoms with Crippen LogP contribution in [-0.4, -0.2) is 18.6 Å². The number of hydrogen-bond donors (Lipinski definition) is 1. The van der Waals surface area contributed by atoms with Gasteiger partial charge in [0, 0.05) is 0 Å². The van der Waals surface area contributed by atoms with Crippen molar-refractivity contribution in [3.63, 3.8) is 0 Å². The van der Waals surface area contributed by atoms with Crippen LogP contribution in [0.3, 0.4) is 0 Å². The van der Waals surface area contributed by atoms with Gasteiger partial charge in [-0.1, -0.05) is 0 Å². The van der Waals surface area contributed by atoms with Crippen molar-refractivity contribution in [2.75, 3.05) is 6.61 Å². The van der Waals surface area contributed by atoms with Crippen molar-refractivity contribution in [2.45, 2.75) is 12.0 Å². The molecule has 3 nitrogen and oxygen atoms in total. The zero-order valence-corrected chi connectivity index (χ0v) is 3.18. The standard InChI is InChI=1S/C3H5NO2/c4-2-3(6-2)1-5-3/h2H,1,4H2. The van der Waals surface area contributed by atoms with E-state index in [1.165, 1.54) is 0 Å². The Hall–Kier alpha value is -0.120. The second-order valence-corrected chi connectivity index (χ2v) is 1.64. The van der Waals surface area contributed by atoms with Crippen molar-refractivity contribution in [1.82, 2.24) is 0 Å². The average Bonchev–Trinajstić information content (AvgIpc) is 2.25. The van der Waals surface area contributed by atoms with Crippen molar-refractivity contribution >= 4 is 0 Å². The molecule has 0 aliphatic carbocycles. The molecule has 0 radical (unpaired) electrons. The van der Waals surface area contributed by atoms with E-state index >= 15 is 0 Å². The Kier molecular flexibility index (Phi) is 0.257. The third kappa shape index (κ3) is 0.167. The molecular weight excluding hydrogens is 82.0 g/mol. The molecule has 0 saturated carbocycles. The van der Waals surface area contributed by atoms with Crippen LogP contribution in [0, 0.1) is 0 Å². The van der Waals surface area contributed by atoms with Gasteiger partial charge in [-0.25, -0.2) is 0 Å². The lowest BCUT2D eigenvalue weighted by atomic mass is 10.5. The van der Waals surface area contributed by atoms with Crippen LogP contribution in [0.4, 0.5) is 0 Å². The molecule has 2 aliphatic heterocycles. The Morgan fingerprint density at radius 1 is 1.83 bits per heavy atom. The zero-order valence-electron chi connectivity index (χ0n) is 3.18. The van der Waals surface area contributed by atoms with E-state index in [0.29, 0.717) is 6.61 Å².